The molecule has 14 heteroatoms. The number of aromatic nitrogens is 1. The maximum Gasteiger partial charge on any atom is 0.255 e. The Morgan fingerprint density at radius 2 is 1.84 bits per heavy atom. The molecule has 5 rings (SSSR count). The van der Waals surface area contributed by atoms with Crippen molar-refractivity contribution in [2.24, 2.45) is 11.7 Å². The Morgan fingerprint density at radius 1 is 1.10 bits per heavy atom. The van der Waals surface area contributed by atoms with E-state index in [1.165, 1.54) is 16.2 Å². The molecule has 1 aromatic heterocycles. The molecule has 49 heavy (non-hydrogen) atoms. The van der Waals surface area contributed by atoms with E-state index in [2.05, 4.69) is 10.3 Å². The summed E-state index contributed by atoms with van der Waals surface area (Å²) in [6.07, 6.45) is -0.749. The largest absolute Gasteiger partial charge is 0.491 e. The highest BCUT2D eigenvalue weighted by Crippen LogP contribution is 2.33. The van der Waals surface area contributed by atoms with E-state index in [9.17, 15) is 19.5 Å². The molecule has 3 aromatic rings. The van der Waals surface area contributed by atoms with Crippen LogP contribution < -0.4 is 15.8 Å². The van der Waals surface area contributed by atoms with Crippen molar-refractivity contribution in [3.8, 4) is 16.2 Å². The summed E-state index contributed by atoms with van der Waals surface area (Å²) in [7, 11) is 0. The van der Waals surface area contributed by atoms with Crippen molar-refractivity contribution in [2.75, 3.05) is 46.1 Å². The Kier molecular flexibility index (Phi) is 13.9. The third-order valence-electron chi connectivity index (χ3n) is 8.58. The van der Waals surface area contributed by atoms with Crippen LogP contribution >= 0.6 is 23.7 Å². The zero-order valence-corrected chi connectivity index (χ0v) is 29.8. The first-order chi connectivity index (χ1) is 23.2. The second-order valence-corrected chi connectivity index (χ2v) is 13.2. The first kappa shape index (κ1) is 38.2. The number of aliphatic hydroxyl groups excluding tert-OH is 1. The Hall–Kier alpha value is -3.59. The lowest BCUT2D eigenvalue weighted by Crippen LogP contribution is -2.55. The number of carbonyl (C=O) groups excluding carboxylic acids is 3. The highest BCUT2D eigenvalue weighted by Gasteiger charge is 2.45. The van der Waals surface area contributed by atoms with Gasteiger partial charge in [0.25, 0.3) is 5.91 Å². The summed E-state index contributed by atoms with van der Waals surface area (Å²) in [6.45, 7) is 8.66. The van der Waals surface area contributed by atoms with E-state index >= 15 is 0 Å². The van der Waals surface area contributed by atoms with Crippen LogP contribution in [0.25, 0.3) is 10.4 Å². The second kappa shape index (κ2) is 17.9. The molecule has 2 aliphatic heterocycles. The Balaban J connectivity index is 0.00000541. The van der Waals surface area contributed by atoms with Crippen molar-refractivity contribution >= 4 is 41.5 Å². The number of fused-ring (bicyclic) bond motifs is 1. The number of carbonyl (C=O) groups is 3. The second-order valence-electron chi connectivity index (χ2n) is 12.3. The summed E-state index contributed by atoms with van der Waals surface area (Å²) in [4.78, 5) is 49.5. The number of aliphatic hydroxyl groups is 1. The molecule has 0 radical (unpaired) electrons. The fourth-order valence-electron chi connectivity index (χ4n) is 6.23. The van der Waals surface area contributed by atoms with Crippen LogP contribution in [0.3, 0.4) is 0 Å². The number of likely N-dealkylation sites (tertiary alicyclic amines) is 1. The highest BCUT2D eigenvalue weighted by molar-refractivity contribution is 7.13. The van der Waals surface area contributed by atoms with Crippen molar-refractivity contribution in [3.63, 3.8) is 0 Å². The summed E-state index contributed by atoms with van der Waals surface area (Å²) in [5.74, 6) is -0.541. The van der Waals surface area contributed by atoms with Crippen molar-refractivity contribution in [3.05, 3.63) is 70.4 Å². The predicted octanol–water partition coefficient (Wildman–Crippen LogP) is 3.17. The van der Waals surface area contributed by atoms with Gasteiger partial charge in [-0.05, 0) is 36.1 Å². The first-order valence-corrected chi connectivity index (χ1v) is 17.2. The van der Waals surface area contributed by atoms with E-state index in [0.717, 1.165) is 27.3 Å². The smallest absolute Gasteiger partial charge is 0.255 e. The van der Waals surface area contributed by atoms with E-state index in [0.29, 0.717) is 50.8 Å². The van der Waals surface area contributed by atoms with Gasteiger partial charge in [0.15, 0.2) is 0 Å². The number of nitrogens with two attached hydrogens (primary N) is 1. The topological polar surface area (TPSA) is 157 Å². The van der Waals surface area contributed by atoms with Gasteiger partial charge < -0.3 is 40.2 Å². The lowest BCUT2D eigenvalue weighted by molar-refractivity contribution is -0.143. The van der Waals surface area contributed by atoms with Crippen LogP contribution in [0.1, 0.15) is 47.4 Å². The van der Waals surface area contributed by atoms with Crippen LogP contribution in [0.2, 0.25) is 0 Å². The number of β-amino-alcohol motifs (C(OH)–C–C–N with tert-alkyl or cyclic N) is 1. The normalized spacial score (nSPS) is 17.6. The van der Waals surface area contributed by atoms with Gasteiger partial charge in [0, 0.05) is 43.7 Å². The molecule has 2 aromatic carbocycles. The molecule has 266 valence electrons. The number of aryl methyl sites for hydroxylation is 1. The number of amides is 3. The van der Waals surface area contributed by atoms with Gasteiger partial charge in [-0.1, -0.05) is 44.2 Å². The lowest BCUT2D eigenvalue weighted by Gasteiger charge is -2.35. The summed E-state index contributed by atoms with van der Waals surface area (Å²) >= 11 is 1.54. The Labute approximate surface area is 297 Å². The van der Waals surface area contributed by atoms with Gasteiger partial charge in [0.1, 0.15) is 24.4 Å². The zero-order chi connectivity index (χ0) is 34.2. The SMILES string of the molecule is Cc1ncsc1-c1ccc(CNC(=O)[C@@H]2C[C@@H](O)CN2C(=O)C(C(C)C)N2Cc3ccccc3C2=O)c(OCCOCCOCCN)c1.Cl. The maximum atomic E-state index is 14.1. The number of nitrogens with one attached hydrogen (secondary N) is 1. The van der Waals surface area contributed by atoms with Gasteiger partial charge in [-0.2, -0.15) is 0 Å². The average molecular weight is 716 g/mol. The lowest BCUT2D eigenvalue weighted by atomic mass is 10.0. The number of benzene rings is 2. The minimum atomic E-state index is -0.882. The molecular formula is C35H46ClN5O7S. The number of thiazole rings is 1. The summed E-state index contributed by atoms with van der Waals surface area (Å²) in [5, 5.41) is 13.6. The number of hydrogen-bond acceptors (Lipinski definition) is 10. The van der Waals surface area contributed by atoms with Crippen molar-refractivity contribution < 1.29 is 33.7 Å². The third-order valence-corrected chi connectivity index (χ3v) is 9.56. The zero-order valence-electron chi connectivity index (χ0n) is 28.1. The molecule has 0 spiro atoms. The molecule has 12 nitrogen and oxygen atoms in total. The molecule has 2 aliphatic rings. The molecule has 0 bridgehead atoms. The Bertz CT molecular complexity index is 1590. The van der Waals surface area contributed by atoms with Gasteiger partial charge in [0.2, 0.25) is 11.8 Å². The van der Waals surface area contributed by atoms with Crippen LogP contribution in [0, 0.1) is 12.8 Å². The quantitative estimate of drug-likeness (QED) is 0.190. The van der Waals surface area contributed by atoms with Gasteiger partial charge in [-0.25, -0.2) is 4.98 Å². The fraction of sp³-hybridized carbons (Fsp3) is 0.486. The Morgan fingerprint density at radius 3 is 2.53 bits per heavy atom. The summed E-state index contributed by atoms with van der Waals surface area (Å²) in [5.41, 5.74) is 11.3. The molecule has 3 heterocycles. The van der Waals surface area contributed by atoms with E-state index in [1.807, 2.05) is 57.2 Å². The van der Waals surface area contributed by atoms with E-state index < -0.39 is 18.2 Å². The third kappa shape index (κ3) is 9.15. The van der Waals surface area contributed by atoms with E-state index in [4.69, 9.17) is 19.9 Å². The fourth-order valence-corrected chi connectivity index (χ4v) is 7.03. The van der Waals surface area contributed by atoms with Crippen LogP contribution in [0.4, 0.5) is 0 Å². The number of hydrogen-bond donors (Lipinski definition) is 3. The van der Waals surface area contributed by atoms with Gasteiger partial charge in [-0.15, -0.1) is 23.7 Å². The summed E-state index contributed by atoms with van der Waals surface area (Å²) in [6, 6.07) is 11.5. The molecule has 1 fully saturated rings. The molecule has 1 unspecified atom stereocenters. The monoisotopic (exact) mass is 715 g/mol. The molecule has 1 saturated heterocycles. The van der Waals surface area contributed by atoms with Gasteiger partial charge in [-0.3, -0.25) is 14.4 Å². The highest BCUT2D eigenvalue weighted by atomic mass is 35.5. The molecule has 3 amide bonds. The number of halogens is 1. The first-order valence-electron chi connectivity index (χ1n) is 16.4. The molecule has 0 saturated carbocycles. The summed E-state index contributed by atoms with van der Waals surface area (Å²) < 4.78 is 17.1. The maximum absolute atomic E-state index is 14.1. The van der Waals surface area contributed by atoms with Crippen molar-refractivity contribution in [1.82, 2.24) is 20.1 Å². The molecular weight excluding hydrogens is 670 g/mol. The molecule has 0 aliphatic carbocycles. The van der Waals surface area contributed by atoms with Crippen LogP contribution in [0.5, 0.6) is 5.75 Å². The molecule has 3 atom stereocenters. The molecule has 4 N–H and O–H groups in total. The number of ether oxygens (including phenoxy) is 3. The van der Waals surface area contributed by atoms with Gasteiger partial charge in [0.05, 0.1) is 48.6 Å². The minimum absolute atomic E-state index is 0. The van der Waals surface area contributed by atoms with E-state index in [1.54, 1.807) is 16.5 Å². The minimum Gasteiger partial charge on any atom is -0.491 e. The number of rotatable bonds is 16. The van der Waals surface area contributed by atoms with Gasteiger partial charge >= 0.3 is 0 Å². The van der Waals surface area contributed by atoms with Crippen molar-refractivity contribution in [2.45, 2.75) is 58.5 Å². The van der Waals surface area contributed by atoms with E-state index in [-0.39, 0.29) is 62.2 Å². The van der Waals surface area contributed by atoms with Crippen molar-refractivity contribution in [1.29, 1.82) is 0 Å². The van der Waals surface area contributed by atoms with Crippen LogP contribution in [-0.4, -0.2) is 102 Å². The van der Waals surface area contributed by atoms with Crippen LogP contribution in [-0.2, 0) is 32.2 Å². The predicted molar refractivity (Wildman–Crippen MR) is 189 cm³/mol. The standard InChI is InChI=1S/C35H45N5O7S.ClH/c1-22(2)31(40-19-26-6-4-5-7-28(26)34(40)43)35(44)39-20-27(41)17-29(39)33(42)37-18-25-9-8-24(32-23(3)38-21-48-32)16-30(25)47-15-14-46-13-12-45-11-10-36;/h4-9,16,21-22,27,29,31,41H,10-15,17-20,36H2,1-3H3,(H,37,42);1H/t27-,29+,31?;/m1./s1. The average Bonchev–Trinajstić information content (AvgIpc) is 3.78. The number of nitrogens with zero attached hydrogens (tertiary/aromatic N) is 3. The van der Waals surface area contributed by atoms with Crippen LogP contribution in [0.15, 0.2) is 48.0 Å².